The average molecular weight is 347 g/mol. The highest BCUT2D eigenvalue weighted by Gasteiger charge is 2.13. The van der Waals surface area contributed by atoms with Crippen LogP contribution >= 0.6 is 11.6 Å². The van der Waals surface area contributed by atoms with Gasteiger partial charge in [0.2, 0.25) is 0 Å². The average Bonchev–Trinajstić information content (AvgIpc) is 2.53. The van der Waals surface area contributed by atoms with Gasteiger partial charge in [-0.05, 0) is 35.2 Å². The first-order valence-corrected chi connectivity index (χ1v) is 8.27. The third kappa shape index (κ3) is 5.46. The number of carbonyl (C=O) groups is 1. The van der Waals surface area contributed by atoms with Gasteiger partial charge in [-0.1, -0.05) is 56.6 Å². The van der Waals surface area contributed by atoms with Crippen LogP contribution in [0, 0.1) is 0 Å². The molecule has 0 spiro atoms. The third-order valence-electron chi connectivity index (χ3n) is 3.48. The van der Waals surface area contributed by atoms with E-state index in [1.54, 1.807) is 12.1 Å². The van der Waals surface area contributed by atoms with Crippen molar-refractivity contribution in [3.63, 3.8) is 0 Å². The van der Waals surface area contributed by atoms with Crippen molar-refractivity contribution in [3.05, 3.63) is 59.1 Å². The summed E-state index contributed by atoms with van der Waals surface area (Å²) in [7, 11) is 0. The molecular formula is C19H23ClN2O2. The number of halogens is 1. The molecule has 0 heterocycles. The van der Waals surface area contributed by atoms with Gasteiger partial charge in [0.25, 0.3) is 0 Å². The zero-order valence-corrected chi connectivity index (χ0v) is 15.0. The van der Waals surface area contributed by atoms with Crippen molar-refractivity contribution < 1.29 is 9.53 Å². The van der Waals surface area contributed by atoms with Gasteiger partial charge in [0, 0.05) is 0 Å². The summed E-state index contributed by atoms with van der Waals surface area (Å²) in [6.45, 7) is 7.27. The molecule has 4 nitrogen and oxygen atoms in total. The van der Waals surface area contributed by atoms with Crippen molar-refractivity contribution in [2.45, 2.75) is 26.2 Å². The van der Waals surface area contributed by atoms with Crippen molar-refractivity contribution in [1.82, 2.24) is 5.32 Å². The molecule has 0 atom stereocenters. The predicted octanol–water partition coefficient (Wildman–Crippen LogP) is 4.84. The second-order valence-corrected chi connectivity index (χ2v) is 6.89. The minimum atomic E-state index is -0.310. The lowest BCUT2D eigenvalue weighted by Crippen LogP contribution is -2.32. The predicted molar refractivity (Wildman–Crippen MR) is 99.1 cm³/mol. The molecular weight excluding hydrogens is 324 g/mol. The van der Waals surface area contributed by atoms with Crippen LogP contribution in [0.25, 0.3) is 0 Å². The largest absolute Gasteiger partial charge is 0.492 e. The van der Waals surface area contributed by atoms with Crippen molar-refractivity contribution in [2.75, 3.05) is 18.5 Å². The Labute approximate surface area is 148 Å². The SMILES string of the molecule is CC(C)(C)c1cccc(OCCNC(=O)Nc2ccccc2Cl)c1. The fraction of sp³-hybridized carbons (Fsp3) is 0.316. The first-order chi connectivity index (χ1) is 11.4. The molecule has 2 amide bonds. The number of hydrogen-bond donors (Lipinski definition) is 2. The molecule has 0 aliphatic heterocycles. The minimum absolute atomic E-state index is 0.0759. The van der Waals surface area contributed by atoms with Gasteiger partial charge in [-0.25, -0.2) is 4.79 Å². The molecule has 2 aromatic carbocycles. The molecule has 24 heavy (non-hydrogen) atoms. The molecule has 0 fully saturated rings. The first-order valence-electron chi connectivity index (χ1n) is 7.89. The van der Waals surface area contributed by atoms with Crippen molar-refractivity contribution in [1.29, 1.82) is 0 Å². The maximum Gasteiger partial charge on any atom is 0.319 e. The Hall–Kier alpha value is -2.20. The summed E-state index contributed by atoms with van der Waals surface area (Å²) in [5, 5.41) is 5.94. The molecule has 2 N–H and O–H groups in total. The fourth-order valence-electron chi connectivity index (χ4n) is 2.11. The third-order valence-corrected chi connectivity index (χ3v) is 3.81. The van der Waals surface area contributed by atoms with Crippen molar-refractivity contribution in [3.8, 4) is 5.75 Å². The number of benzene rings is 2. The van der Waals surface area contributed by atoms with Crippen molar-refractivity contribution >= 4 is 23.3 Å². The second-order valence-electron chi connectivity index (χ2n) is 6.49. The number of rotatable bonds is 5. The molecule has 2 rings (SSSR count). The fourth-order valence-corrected chi connectivity index (χ4v) is 2.30. The van der Waals surface area contributed by atoms with E-state index in [-0.39, 0.29) is 11.4 Å². The summed E-state index contributed by atoms with van der Waals surface area (Å²) in [5.74, 6) is 0.802. The van der Waals surface area contributed by atoms with Crippen LogP contribution in [0.3, 0.4) is 0 Å². The van der Waals surface area contributed by atoms with E-state index < -0.39 is 0 Å². The molecule has 0 saturated heterocycles. The van der Waals surface area contributed by atoms with Gasteiger partial charge in [-0.2, -0.15) is 0 Å². The second kappa shape index (κ2) is 8.06. The van der Waals surface area contributed by atoms with Crippen LogP contribution in [0.4, 0.5) is 10.5 Å². The number of urea groups is 1. The zero-order chi connectivity index (χ0) is 17.6. The Morgan fingerprint density at radius 1 is 1.12 bits per heavy atom. The maximum atomic E-state index is 11.8. The number of hydrogen-bond acceptors (Lipinski definition) is 2. The normalized spacial score (nSPS) is 11.0. The summed E-state index contributed by atoms with van der Waals surface area (Å²) in [6, 6.07) is 14.8. The van der Waals surface area contributed by atoms with Crippen LogP contribution in [-0.2, 0) is 5.41 Å². The van der Waals surface area contributed by atoms with E-state index in [0.717, 1.165) is 5.75 Å². The first kappa shape index (κ1) is 18.1. The lowest BCUT2D eigenvalue weighted by Gasteiger charge is -2.19. The Morgan fingerprint density at radius 3 is 2.58 bits per heavy atom. The van der Waals surface area contributed by atoms with Gasteiger partial charge in [0.05, 0.1) is 17.3 Å². The summed E-state index contributed by atoms with van der Waals surface area (Å²) in [4.78, 5) is 11.8. The lowest BCUT2D eigenvalue weighted by atomic mass is 9.87. The van der Waals surface area contributed by atoms with Crippen LogP contribution in [0.1, 0.15) is 26.3 Å². The summed E-state index contributed by atoms with van der Waals surface area (Å²) >= 11 is 5.99. The van der Waals surface area contributed by atoms with Gasteiger partial charge < -0.3 is 15.4 Å². The highest BCUT2D eigenvalue weighted by molar-refractivity contribution is 6.33. The zero-order valence-electron chi connectivity index (χ0n) is 14.2. The van der Waals surface area contributed by atoms with Crippen LogP contribution in [-0.4, -0.2) is 19.2 Å². The number of carbonyl (C=O) groups excluding carboxylic acids is 1. The Balaban J connectivity index is 1.77. The number of para-hydroxylation sites is 1. The Kier molecular flexibility index (Phi) is 6.10. The van der Waals surface area contributed by atoms with E-state index in [1.165, 1.54) is 5.56 Å². The van der Waals surface area contributed by atoms with Gasteiger partial charge in [-0.3, -0.25) is 0 Å². The molecule has 0 radical (unpaired) electrons. The highest BCUT2D eigenvalue weighted by atomic mass is 35.5. The quantitative estimate of drug-likeness (QED) is 0.761. The Bertz CT molecular complexity index is 696. The Morgan fingerprint density at radius 2 is 1.88 bits per heavy atom. The number of amides is 2. The van der Waals surface area contributed by atoms with Crippen LogP contribution in [0.15, 0.2) is 48.5 Å². The molecule has 0 unspecified atom stereocenters. The molecule has 0 aliphatic rings. The minimum Gasteiger partial charge on any atom is -0.492 e. The molecule has 2 aromatic rings. The van der Waals surface area contributed by atoms with Gasteiger partial charge in [-0.15, -0.1) is 0 Å². The van der Waals surface area contributed by atoms with Crippen LogP contribution < -0.4 is 15.4 Å². The van der Waals surface area contributed by atoms with Gasteiger partial charge in [0.1, 0.15) is 12.4 Å². The number of nitrogens with one attached hydrogen (secondary N) is 2. The highest BCUT2D eigenvalue weighted by Crippen LogP contribution is 2.25. The standard InChI is InChI=1S/C19H23ClN2O2/c1-19(2,3)14-7-6-8-15(13-14)24-12-11-21-18(23)22-17-10-5-4-9-16(17)20/h4-10,13H,11-12H2,1-3H3,(H2,21,22,23). The topological polar surface area (TPSA) is 50.4 Å². The lowest BCUT2D eigenvalue weighted by molar-refractivity contribution is 0.247. The van der Waals surface area contributed by atoms with Gasteiger partial charge in [0.15, 0.2) is 0 Å². The smallest absolute Gasteiger partial charge is 0.319 e. The summed E-state index contributed by atoms with van der Waals surface area (Å²) in [5.41, 5.74) is 1.87. The van der Waals surface area contributed by atoms with Gasteiger partial charge >= 0.3 is 6.03 Å². The van der Waals surface area contributed by atoms with E-state index >= 15 is 0 Å². The molecule has 128 valence electrons. The van der Waals surface area contributed by atoms with Crippen molar-refractivity contribution in [2.24, 2.45) is 0 Å². The van der Waals surface area contributed by atoms with E-state index in [2.05, 4.69) is 37.5 Å². The van der Waals surface area contributed by atoms with E-state index in [4.69, 9.17) is 16.3 Å². The monoisotopic (exact) mass is 346 g/mol. The number of anilines is 1. The maximum absolute atomic E-state index is 11.8. The molecule has 5 heteroatoms. The molecule has 0 aliphatic carbocycles. The molecule has 0 saturated carbocycles. The summed E-state index contributed by atoms with van der Waals surface area (Å²) < 4.78 is 5.70. The molecule has 0 aromatic heterocycles. The molecule has 0 bridgehead atoms. The van der Waals surface area contributed by atoms with Crippen LogP contribution in [0.2, 0.25) is 5.02 Å². The van der Waals surface area contributed by atoms with E-state index in [1.807, 2.05) is 30.3 Å². The van der Waals surface area contributed by atoms with E-state index in [0.29, 0.717) is 23.9 Å². The van der Waals surface area contributed by atoms with Crippen LogP contribution in [0.5, 0.6) is 5.75 Å². The number of ether oxygens (including phenoxy) is 1. The summed E-state index contributed by atoms with van der Waals surface area (Å²) in [6.07, 6.45) is 0. The van der Waals surface area contributed by atoms with E-state index in [9.17, 15) is 4.79 Å².